The lowest BCUT2D eigenvalue weighted by Crippen LogP contribution is -2.28. The van der Waals surface area contributed by atoms with Gasteiger partial charge in [0.2, 0.25) is 0 Å². The van der Waals surface area contributed by atoms with E-state index in [9.17, 15) is 13.6 Å². The molecule has 18 heavy (non-hydrogen) atoms. The van der Waals surface area contributed by atoms with Crippen molar-refractivity contribution >= 4 is 5.78 Å². The summed E-state index contributed by atoms with van der Waals surface area (Å²) in [6.07, 6.45) is -0.987. The number of hydrogen-bond donors (Lipinski definition) is 0. The van der Waals surface area contributed by atoms with Crippen LogP contribution in [-0.4, -0.2) is 31.7 Å². The summed E-state index contributed by atoms with van der Waals surface area (Å²) in [5, 5.41) is 0. The van der Waals surface area contributed by atoms with E-state index in [1.165, 1.54) is 13.2 Å². The van der Waals surface area contributed by atoms with E-state index < -0.39 is 23.5 Å². The van der Waals surface area contributed by atoms with Crippen molar-refractivity contribution in [2.24, 2.45) is 0 Å². The Balaban J connectivity index is 2.71. The first-order valence-corrected chi connectivity index (χ1v) is 5.59. The Morgan fingerprint density at radius 3 is 2.50 bits per heavy atom. The molecule has 0 aliphatic carbocycles. The second-order valence-electron chi connectivity index (χ2n) is 4.04. The maximum atomic E-state index is 13.0. The summed E-state index contributed by atoms with van der Waals surface area (Å²) in [6.45, 7) is 3.68. The molecule has 0 bridgehead atoms. The lowest BCUT2D eigenvalue weighted by atomic mass is 10.1. The first kappa shape index (κ1) is 14.7. The summed E-state index contributed by atoms with van der Waals surface area (Å²) in [6, 6.07) is 3.04. The third kappa shape index (κ3) is 3.85. The number of halogens is 2. The molecule has 2 unspecified atom stereocenters. The number of benzene rings is 1. The summed E-state index contributed by atoms with van der Waals surface area (Å²) in [7, 11) is 1.53. The van der Waals surface area contributed by atoms with Crippen molar-refractivity contribution in [3.63, 3.8) is 0 Å². The zero-order chi connectivity index (χ0) is 13.7. The number of Topliss-reactive ketones (excluding diaryl/α,β-unsaturated/α-hetero) is 1. The van der Waals surface area contributed by atoms with Crippen molar-refractivity contribution in [2.45, 2.75) is 26.1 Å². The quantitative estimate of drug-likeness (QED) is 0.736. The monoisotopic (exact) mass is 258 g/mol. The number of hydrogen-bond acceptors (Lipinski definition) is 3. The van der Waals surface area contributed by atoms with Gasteiger partial charge < -0.3 is 9.47 Å². The Morgan fingerprint density at radius 1 is 1.28 bits per heavy atom. The first-order chi connectivity index (χ1) is 8.45. The van der Waals surface area contributed by atoms with E-state index in [0.29, 0.717) is 6.61 Å². The fourth-order valence-electron chi connectivity index (χ4n) is 1.57. The van der Waals surface area contributed by atoms with Gasteiger partial charge in [0, 0.05) is 12.7 Å². The number of rotatable bonds is 6. The Bertz CT molecular complexity index is 421. The van der Waals surface area contributed by atoms with E-state index in [1.807, 2.05) is 0 Å². The summed E-state index contributed by atoms with van der Waals surface area (Å²) in [5.41, 5.74) is 0.0889. The van der Waals surface area contributed by atoms with Gasteiger partial charge in [-0.2, -0.15) is 0 Å². The summed E-state index contributed by atoms with van der Waals surface area (Å²) in [5.74, 6) is -2.41. The van der Waals surface area contributed by atoms with Gasteiger partial charge in [-0.25, -0.2) is 8.78 Å². The lowest BCUT2D eigenvalue weighted by Gasteiger charge is -2.17. The van der Waals surface area contributed by atoms with Crippen LogP contribution in [0.2, 0.25) is 0 Å². The average molecular weight is 258 g/mol. The fourth-order valence-corrected chi connectivity index (χ4v) is 1.57. The number of carbonyl (C=O) groups is 1. The highest BCUT2D eigenvalue weighted by atomic mass is 19.2. The molecule has 3 nitrogen and oxygen atoms in total. The molecule has 2 atom stereocenters. The van der Waals surface area contributed by atoms with Gasteiger partial charge in [0.1, 0.15) is 6.10 Å². The Morgan fingerprint density at radius 2 is 1.94 bits per heavy atom. The molecule has 0 fully saturated rings. The van der Waals surface area contributed by atoms with Crippen LogP contribution in [0.15, 0.2) is 18.2 Å². The van der Waals surface area contributed by atoms with Gasteiger partial charge in [-0.05, 0) is 32.0 Å². The van der Waals surface area contributed by atoms with Crippen LogP contribution in [0.5, 0.6) is 0 Å². The van der Waals surface area contributed by atoms with E-state index in [0.717, 1.165) is 12.1 Å². The van der Waals surface area contributed by atoms with Crippen LogP contribution >= 0.6 is 0 Å². The van der Waals surface area contributed by atoms with Crippen molar-refractivity contribution in [3.8, 4) is 0 Å². The molecule has 1 rings (SSSR count). The molecule has 0 aliphatic rings. The van der Waals surface area contributed by atoms with Crippen LogP contribution in [0.25, 0.3) is 0 Å². The minimum Gasteiger partial charge on any atom is -0.382 e. The average Bonchev–Trinajstić information content (AvgIpc) is 2.32. The van der Waals surface area contributed by atoms with Crippen molar-refractivity contribution in [1.29, 1.82) is 0 Å². The highest BCUT2D eigenvalue weighted by Gasteiger charge is 2.19. The molecule has 0 heterocycles. The Labute approximate surface area is 105 Å². The molecule has 0 aliphatic heterocycles. The van der Waals surface area contributed by atoms with E-state index in [1.54, 1.807) is 13.8 Å². The van der Waals surface area contributed by atoms with Crippen molar-refractivity contribution < 1.29 is 23.0 Å². The number of methoxy groups -OCH3 is 1. The molecule has 0 N–H and O–H groups in total. The van der Waals surface area contributed by atoms with E-state index in [4.69, 9.17) is 9.47 Å². The van der Waals surface area contributed by atoms with Crippen LogP contribution < -0.4 is 0 Å². The van der Waals surface area contributed by atoms with Crippen molar-refractivity contribution in [2.75, 3.05) is 13.7 Å². The molecule has 0 radical (unpaired) electrons. The van der Waals surface area contributed by atoms with Gasteiger partial charge in [-0.3, -0.25) is 4.79 Å². The molecule has 0 saturated carbocycles. The third-order valence-electron chi connectivity index (χ3n) is 2.41. The third-order valence-corrected chi connectivity index (χ3v) is 2.41. The SMILES string of the molecule is COCC(C)OC(C)C(=O)c1ccc(F)c(F)c1. The van der Waals surface area contributed by atoms with Crippen LogP contribution in [0, 0.1) is 11.6 Å². The molecule has 100 valence electrons. The smallest absolute Gasteiger partial charge is 0.191 e. The van der Waals surface area contributed by atoms with Gasteiger partial charge in [-0.15, -0.1) is 0 Å². The second kappa shape index (κ2) is 6.56. The molecular formula is C13H16F2O3. The van der Waals surface area contributed by atoms with E-state index >= 15 is 0 Å². The highest BCUT2D eigenvalue weighted by Crippen LogP contribution is 2.12. The van der Waals surface area contributed by atoms with E-state index in [-0.39, 0.29) is 11.7 Å². The van der Waals surface area contributed by atoms with Gasteiger partial charge in [0.15, 0.2) is 17.4 Å². The fraction of sp³-hybridized carbons (Fsp3) is 0.462. The zero-order valence-electron chi connectivity index (χ0n) is 10.6. The van der Waals surface area contributed by atoms with Crippen LogP contribution in [0.1, 0.15) is 24.2 Å². The predicted octanol–water partition coefficient (Wildman–Crippen LogP) is 2.59. The maximum Gasteiger partial charge on any atom is 0.191 e. The largest absolute Gasteiger partial charge is 0.382 e. The summed E-state index contributed by atoms with van der Waals surface area (Å²) < 4.78 is 36.0. The van der Waals surface area contributed by atoms with Gasteiger partial charge in [-0.1, -0.05) is 0 Å². The van der Waals surface area contributed by atoms with E-state index in [2.05, 4.69) is 0 Å². The van der Waals surface area contributed by atoms with Crippen LogP contribution in [0.3, 0.4) is 0 Å². The molecule has 1 aromatic rings. The number of ketones is 1. The number of carbonyl (C=O) groups excluding carboxylic acids is 1. The normalized spacial score (nSPS) is 14.3. The molecule has 0 saturated heterocycles. The van der Waals surface area contributed by atoms with Crippen LogP contribution in [-0.2, 0) is 9.47 Å². The highest BCUT2D eigenvalue weighted by molar-refractivity contribution is 5.99. The summed E-state index contributed by atoms with van der Waals surface area (Å²) in [4.78, 5) is 11.9. The molecular weight excluding hydrogens is 242 g/mol. The lowest BCUT2D eigenvalue weighted by molar-refractivity contribution is -0.0214. The molecule has 0 spiro atoms. The molecule has 5 heteroatoms. The van der Waals surface area contributed by atoms with Gasteiger partial charge in [0.25, 0.3) is 0 Å². The Kier molecular flexibility index (Phi) is 5.37. The molecule has 0 amide bonds. The predicted molar refractivity (Wildman–Crippen MR) is 62.6 cm³/mol. The van der Waals surface area contributed by atoms with Gasteiger partial charge in [0.05, 0.1) is 12.7 Å². The molecule has 1 aromatic carbocycles. The van der Waals surface area contributed by atoms with Crippen LogP contribution in [0.4, 0.5) is 8.78 Å². The topological polar surface area (TPSA) is 35.5 Å². The molecule has 0 aromatic heterocycles. The zero-order valence-corrected chi connectivity index (χ0v) is 10.6. The number of ether oxygens (including phenoxy) is 2. The standard InChI is InChI=1S/C13H16F2O3/c1-8(7-17-3)18-9(2)13(16)10-4-5-11(14)12(15)6-10/h4-6,8-9H,7H2,1-3H3. The minimum absolute atomic E-state index is 0.0889. The second-order valence-corrected chi connectivity index (χ2v) is 4.04. The Hall–Kier alpha value is -1.33. The maximum absolute atomic E-state index is 13.0. The van der Waals surface area contributed by atoms with Crippen molar-refractivity contribution in [3.05, 3.63) is 35.4 Å². The summed E-state index contributed by atoms with van der Waals surface area (Å²) >= 11 is 0. The minimum atomic E-state index is -1.04. The van der Waals surface area contributed by atoms with Crippen molar-refractivity contribution in [1.82, 2.24) is 0 Å². The van der Waals surface area contributed by atoms with Gasteiger partial charge >= 0.3 is 0 Å². The first-order valence-electron chi connectivity index (χ1n) is 5.59.